The molecule has 33 heavy (non-hydrogen) atoms. The zero-order valence-corrected chi connectivity index (χ0v) is 19.8. The normalized spacial score (nSPS) is 15.0. The first-order valence-electron chi connectivity index (χ1n) is 10.6. The second kappa shape index (κ2) is 8.15. The summed E-state index contributed by atoms with van der Waals surface area (Å²) in [4.78, 5) is 28.4. The maximum atomic E-state index is 12.4. The van der Waals surface area contributed by atoms with Crippen LogP contribution in [0.5, 0.6) is 0 Å². The van der Waals surface area contributed by atoms with Crippen molar-refractivity contribution in [1.29, 1.82) is 0 Å². The molecule has 0 radical (unpaired) electrons. The van der Waals surface area contributed by atoms with E-state index in [-0.39, 0.29) is 5.41 Å². The topological polar surface area (TPSA) is 113 Å². The van der Waals surface area contributed by atoms with E-state index < -0.39 is 21.3 Å². The van der Waals surface area contributed by atoms with Crippen molar-refractivity contribution in [3.8, 4) is 16.8 Å². The van der Waals surface area contributed by atoms with Gasteiger partial charge in [0, 0.05) is 17.8 Å². The Kier molecular flexibility index (Phi) is 5.61. The van der Waals surface area contributed by atoms with Crippen LogP contribution in [0.15, 0.2) is 63.4 Å². The first-order chi connectivity index (χ1) is 15.4. The summed E-state index contributed by atoms with van der Waals surface area (Å²) >= 11 is 0. The minimum absolute atomic E-state index is 0.162. The molecule has 0 aliphatic heterocycles. The summed E-state index contributed by atoms with van der Waals surface area (Å²) in [6, 6.07) is 13.3. The number of rotatable bonds is 4. The van der Waals surface area contributed by atoms with Gasteiger partial charge in [0.15, 0.2) is 0 Å². The Morgan fingerprint density at radius 1 is 1.00 bits per heavy atom. The molecule has 0 fully saturated rings. The highest BCUT2D eigenvalue weighted by Gasteiger charge is 2.21. The van der Waals surface area contributed by atoms with Crippen LogP contribution in [0.1, 0.15) is 43.9 Å². The summed E-state index contributed by atoms with van der Waals surface area (Å²) < 4.78 is 24.2. The SMILES string of the molecule is CC(C)(C)c1cc(-c2ccc3c(c2)CCC3=NNS(C)(=O)=O)cc(-n2ccc(=O)[nH]c2=O)c1. The van der Waals surface area contributed by atoms with Crippen LogP contribution >= 0.6 is 0 Å². The van der Waals surface area contributed by atoms with Crippen molar-refractivity contribution in [2.75, 3.05) is 6.26 Å². The Morgan fingerprint density at radius 2 is 1.76 bits per heavy atom. The molecule has 0 spiro atoms. The third-order valence-corrected chi connectivity index (χ3v) is 6.04. The van der Waals surface area contributed by atoms with Crippen LogP contribution in [-0.2, 0) is 21.9 Å². The Labute approximate surface area is 192 Å². The fourth-order valence-electron chi connectivity index (χ4n) is 3.87. The molecule has 9 heteroatoms. The van der Waals surface area contributed by atoms with Gasteiger partial charge >= 0.3 is 5.69 Å². The highest BCUT2D eigenvalue weighted by molar-refractivity contribution is 7.88. The molecule has 0 atom stereocenters. The average Bonchev–Trinajstić information content (AvgIpc) is 3.13. The molecule has 0 saturated carbocycles. The minimum atomic E-state index is -3.41. The van der Waals surface area contributed by atoms with E-state index >= 15 is 0 Å². The lowest BCUT2D eigenvalue weighted by Crippen LogP contribution is -2.27. The van der Waals surface area contributed by atoms with Gasteiger partial charge in [0.1, 0.15) is 0 Å². The summed E-state index contributed by atoms with van der Waals surface area (Å²) in [5.74, 6) is 0. The van der Waals surface area contributed by atoms with Crippen molar-refractivity contribution >= 4 is 15.7 Å². The van der Waals surface area contributed by atoms with Crippen molar-refractivity contribution in [3.63, 3.8) is 0 Å². The average molecular weight is 467 g/mol. The maximum absolute atomic E-state index is 12.4. The van der Waals surface area contributed by atoms with Gasteiger partial charge in [0.2, 0.25) is 10.0 Å². The van der Waals surface area contributed by atoms with E-state index in [1.54, 1.807) is 0 Å². The van der Waals surface area contributed by atoms with Crippen molar-refractivity contribution in [2.45, 2.75) is 39.0 Å². The van der Waals surface area contributed by atoms with Crippen LogP contribution in [0.4, 0.5) is 0 Å². The molecule has 8 nitrogen and oxygen atoms in total. The molecule has 2 aromatic carbocycles. The lowest BCUT2D eigenvalue weighted by molar-refractivity contribution is 0.589. The van der Waals surface area contributed by atoms with Crippen LogP contribution in [-0.4, -0.2) is 29.9 Å². The van der Waals surface area contributed by atoms with E-state index in [2.05, 4.69) is 47.8 Å². The third-order valence-electron chi connectivity index (χ3n) is 5.61. The van der Waals surface area contributed by atoms with Crippen molar-refractivity contribution in [3.05, 3.63) is 86.2 Å². The van der Waals surface area contributed by atoms with Crippen LogP contribution in [0.25, 0.3) is 16.8 Å². The smallest absolute Gasteiger partial charge is 0.274 e. The second-order valence-electron chi connectivity index (χ2n) is 9.29. The van der Waals surface area contributed by atoms with Crippen LogP contribution in [0.3, 0.4) is 0 Å². The van der Waals surface area contributed by atoms with Gasteiger partial charge in [-0.3, -0.25) is 14.3 Å². The van der Waals surface area contributed by atoms with E-state index in [1.807, 2.05) is 24.3 Å². The van der Waals surface area contributed by atoms with E-state index in [4.69, 9.17) is 0 Å². The second-order valence-corrected chi connectivity index (χ2v) is 11.0. The number of nitrogens with zero attached hydrogens (tertiary/aromatic N) is 2. The number of hydrogen-bond acceptors (Lipinski definition) is 5. The molecule has 0 unspecified atom stereocenters. The minimum Gasteiger partial charge on any atom is -0.274 e. The Morgan fingerprint density at radius 3 is 2.42 bits per heavy atom. The zero-order valence-electron chi connectivity index (χ0n) is 19.0. The number of nitrogens with one attached hydrogen (secondary N) is 2. The number of fused-ring (bicyclic) bond motifs is 1. The first-order valence-corrected chi connectivity index (χ1v) is 12.4. The molecule has 3 aromatic rings. The van der Waals surface area contributed by atoms with Crippen LogP contribution < -0.4 is 16.1 Å². The van der Waals surface area contributed by atoms with Gasteiger partial charge < -0.3 is 0 Å². The molecule has 172 valence electrons. The summed E-state index contributed by atoms with van der Waals surface area (Å²) in [7, 11) is -3.41. The Balaban J connectivity index is 1.81. The number of hydrazone groups is 1. The van der Waals surface area contributed by atoms with E-state index in [1.165, 1.54) is 16.8 Å². The fraction of sp³-hybridized carbons (Fsp3) is 0.292. The van der Waals surface area contributed by atoms with Crippen LogP contribution in [0, 0.1) is 0 Å². The van der Waals surface area contributed by atoms with Gasteiger partial charge in [-0.25, -0.2) is 18.0 Å². The molecule has 2 N–H and O–H groups in total. The number of aromatic nitrogens is 2. The quantitative estimate of drug-likeness (QED) is 0.576. The number of aromatic amines is 1. The Hall–Kier alpha value is -3.46. The van der Waals surface area contributed by atoms with Crippen molar-refractivity contribution in [1.82, 2.24) is 14.4 Å². The van der Waals surface area contributed by atoms with Crippen molar-refractivity contribution < 1.29 is 8.42 Å². The van der Waals surface area contributed by atoms with Gasteiger partial charge in [-0.1, -0.05) is 45.0 Å². The number of aryl methyl sites for hydroxylation is 1. The van der Waals surface area contributed by atoms with Gasteiger partial charge in [0.05, 0.1) is 17.7 Å². The summed E-state index contributed by atoms with van der Waals surface area (Å²) in [6.07, 6.45) is 3.97. The first kappa shape index (κ1) is 22.7. The fourth-order valence-corrected chi connectivity index (χ4v) is 4.15. The third kappa shape index (κ3) is 4.98. The highest BCUT2D eigenvalue weighted by Crippen LogP contribution is 2.33. The molecule has 0 bridgehead atoms. The molecule has 0 amide bonds. The molecule has 1 heterocycles. The number of sulfonamides is 1. The lowest BCUT2D eigenvalue weighted by Gasteiger charge is -2.22. The molecule has 4 rings (SSSR count). The molecular weight excluding hydrogens is 440 g/mol. The highest BCUT2D eigenvalue weighted by atomic mass is 32.2. The molecule has 1 aromatic heterocycles. The van der Waals surface area contributed by atoms with Gasteiger partial charge in [-0.05, 0) is 52.6 Å². The predicted octanol–water partition coefficient (Wildman–Crippen LogP) is 2.69. The van der Waals surface area contributed by atoms with Crippen LogP contribution in [0.2, 0.25) is 0 Å². The number of benzene rings is 2. The molecule has 1 aliphatic rings. The monoisotopic (exact) mass is 466 g/mol. The molecule has 1 aliphatic carbocycles. The molecular formula is C24H26N4O4S. The molecule has 0 saturated heterocycles. The summed E-state index contributed by atoms with van der Waals surface area (Å²) in [5, 5.41) is 4.07. The van der Waals surface area contributed by atoms with Gasteiger partial charge in [0.25, 0.3) is 5.56 Å². The zero-order chi connectivity index (χ0) is 24.0. The van der Waals surface area contributed by atoms with Crippen molar-refractivity contribution in [2.24, 2.45) is 5.10 Å². The number of H-pyrrole nitrogens is 1. The van der Waals surface area contributed by atoms with Gasteiger partial charge in [-0.15, -0.1) is 0 Å². The van der Waals surface area contributed by atoms with Gasteiger partial charge in [-0.2, -0.15) is 5.10 Å². The summed E-state index contributed by atoms with van der Waals surface area (Å²) in [5.41, 5.74) is 5.28. The van der Waals surface area contributed by atoms with E-state index in [9.17, 15) is 18.0 Å². The lowest BCUT2D eigenvalue weighted by atomic mass is 9.84. The predicted molar refractivity (Wildman–Crippen MR) is 130 cm³/mol. The summed E-state index contributed by atoms with van der Waals surface area (Å²) in [6.45, 7) is 6.31. The largest absolute Gasteiger partial charge is 0.332 e. The van der Waals surface area contributed by atoms with E-state index in [0.717, 1.165) is 40.5 Å². The maximum Gasteiger partial charge on any atom is 0.332 e. The standard InChI is InChI=1S/C24H26N4O4S/c1-24(2,3)18-12-17(13-19(14-18)28-10-9-22(29)25-23(28)30)15-5-7-20-16(11-15)6-8-21(20)26-27-33(4,31)32/h5,7,9-14,27H,6,8H2,1-4H3,(H,25,29,30). The van der Waals surface area contributed by atoms with E-state index in [0.29, 0.717) is 17.8 Å². The number of hydrogen-bond donors (Lipinski definition) is 2. The Bertz CT molecular complexity index is 1490.